The third kappa shape index (κ3) is 1.98. The van der Waals surface area contributed by atoms with E-state index in [1.165, 1.54) is 0 Å². The molecule has 4 rings (SSSR count). The Morgan fingerprint density at radius 2 is 2.04 bits per heavy atom. The van der Waals surface area contributed by atoms with E-state index in [1.54, 1.807) is 10.8 Å². The number of aryl methyl sites for hydroxylation is 1. The van der Waals surface area contributed by atoms with Crippen molar-refractivity contribution in [2.24, 2.45) is 0 Å². The second-order valence-corrected chi connectivity index (χ2v) is 6.17. The van der Waals surface area contributed by atoms with Crippen molar-refractivity contribution in [2.45, 2.75) is 6.92 Å². The van der Waals surface area contributed by atoms with Crippen molar-refractivity contribution in [1.82, 2.24) is 9.55 Å². The lowest BCUT2D eigenvalue weighted by atomic mass is 10.1. The van der Waals surface area contributed by atoms with Crippen LogP contribution in [0.3, 0.4) is 0 Å². The number of anilines is 1. The van der Waals surface area contributed by atoms with Gasteiger partial charge in [-0.05, 0) is 46.6 Å². The summed E-state index contributed by atoms with van der Waals surface area (Å²) in [6.07, 6.45) is 1.59. The third-order valence-corrected chi connectivity index (χ3v) is 4.59. The van der Waals surface area contributed by atoms with Crippen LogP contribution >= 0.6 is 15.9 Å². The standard InChI is InChI=1S/C17H12BrN3O2/c1-9-4-2-3-5-12(9)21-13-8-11(18)10-6-7-23-15(10)14(13)16(19)20-17(21)22/h2-8H,1H3,(H2,19,20,22). The van der Waals surface area contributed by atoms with Crippen molar-refractivity contribution >= 4 is 43.6 Å². The van der Waals surface area contributed by atoms with Crippen molar-refractivity contribution in [2.75, 3.05) is 5.73 Å². The summed E-state index contributed by atoms with van der Waals surface area (Å²) in [5.41, 5.74) is 8.62. The normalized spacial score (nSPS) is 11.4. The lowest BCUT2D eigenvalue weighted by Gasteiger charge is -2.14. The summed E-state index contributed by atoms with van der Waals surface area (Å²) in [7, 11) is 0. The summed E-state index contributed by atoms with van der Waals surface area (Å²) in [4.78, 5) is 16.5. The minimum Gasteiger partial charge on any atom is -0.463 e. The van der Waals surface area contributed by atoms with Gasteiger partial charge in [-0.2, -0.15) is 4.98 Å². The number of furan rings is 1. The molecule has 0 atom stereocenters. The van der Waals surface area contributed by atoms with Gasteiger partial charge in [-0.25, -0.2) is 4.79 Å². The van der Waals surface area contributed by atoms with E-state index in [-0.39, 0.29) is 5.82 Å². The predicted molar refractivity (Wildman–Crippen MR) is 94.0 cm³/mol. The zero-order valence-electron chi connectivity index (χ0n) is 12.2. The first-order valence-corrected chi connectivity index (χ1v) is 7.81. The van der Waals surface area contributed by atoms with Gasteiger partial charge in [0, 0.05) is 9.86 Å². The van der Waals surface area contributed by atoms with Gasteiger partial charge in [0.25, 0.3) is 0 Å². The maximum absolute atomic E-state index is 12.5. The van der Waals surface area contributed by atoms with Crippen LogP contribution < -0.4 is 11.4 Å². The molecule has 23 heavy (non-hydrogen) atoms. The number of hydrogen-bond donors (Lipinski definition) is 1. The van der Waals surface area contributed by atoms with Crippen LogP contribution in [0.15, 0.2) is 56.3 Å². The van der Waals surface area contributed by atoms with E-state index >= 15 is 0 Å². The summed E-state index contributed by atoms with van der Waals surface area (Å²) in [6.45, 7) is 1.95. The lowest BCUT2D eigenvalue weighted by Crippen LogP contribution is -2.23. The molecule has 0 aliphatic rings. The van der Waals surface area contributed by atoms with Crippen LogP contribution in [0.2, 0.25) is 0 Å². The average molecular weight is 370 g/mol. The molecule has 2 heterocycles. The van der Waals surface area contributed by atoms with Crippen LogP contribution in [0, 0.1) is 6.92 Å². The van der Waals surface area contributed by atoms with Crippen LogP contribution in [0.1, 0.15) is 5.56 Å². The van der Waals surface area contributed by atoms with Crippen LogP contribution in [0.5, 0.6) is 0 Å². The molecule has 0 fully saturated rings. The lowest BCUT2D eigenvalue weighted by molar-refractivity contribution is 0.619. The van der Waals surface area contributed by atoms with Crippen molar-refractivity contribution < 1.29 is 4.42 Å². The zero-order valence-corrected chi connectivity index (χ0v) is 13.8. The zero-order chi connectivity index (χ0) is 16.1. The van der Waals surface area contributed by atoms with Gasteiger partial charge in [-0.15, -0.1) is 0 Å². The molecule has 5 nitrogen and oxygen atoms in total. The number of hydrogen-bond acceptors (Lipinski definition) is 4. The highest BCUT2D eigenvalue weighted by Gasteiger charge is 2.17. The smallest absolute Gasteiger partial charge is 0.354 e. The number of benzene rings is 2. The molecule has 0 spiro atoms. The highest BCUT2D eigenvalue weighted by molar-refractivity contribution is 9.10. The molecule has 2 aromatic carbocycles. The van der Waals surface area contributed by atoms with Crippen molar-refractivity contribution in [3.8, 4) is 5.69 Å². The molecule has 0 bridgehead atoms. The first-order chi connectivity index (χ1) is 11.1. The Labute approximate surface area is 139 Å². The van der Waals surface area contributed by atoms with E-state index in [1.807, 2.05) is 43.3 Å². The molecule has 114 valence electrons. The summed E-state index contributed by atoms with van der Waals surface area (Å²) >= 11 is 3.53. The van der Waals surface area contributed by atoms with E-state index < -0.39 is 5.69 Å². The Hall–Kier alpha value is -2.60. The van der Waals surface area contributed by atoms with Gasteiger partial charge in [0.05, 0.1) is 22.9 Å². The van der Waals surface area contributed by atoms with E-state index in [4.69, 9.17) is 10.2 Å². The number of fused-ring (bicyclic) bond motifs is 3. The molecule has 0 saturated carbocycles. The highest BCUT2D eigenvalue weighted by Crippen LogP contribution is 2.35. The van der Waals surface area contributed by atoms with E-state index in [0.29, 0.717) is 16.5 Å². The Kier molecular flexibility index (Phi) is 3.02. The number of nitrogens with zero attached hydrogens (tertiary/aromatic N) is 2. The van der Waals surface area contributed by atoms with Crippen molar-refractivity contribution in [3.05, 3.63) is 63.2 Å². The molecule has 2 aromatic heterocycles. The van der Waals surface area contributed by atoms with Crippen LogP contribution in [-0.2, 0) is 0 Å². The SMILES string of the molecule is Cc1ccccc1-n1c(=O)nc(N)c2c3occc3c(Br)cc21. The van der Waals surface area contributed by atoms with Crippen molar-refractivity contribution in [3.63, 3.8) is 0 Å². The first kappa shape index (κ1) is 14.0. The molecule has 0 aliphatic carbocycles. The molecule has 2 N–H and O–H groups in total. The van der Waals surface area contributed by atoms with Gasteiger partial charge in [-0.1, -0.05) is 18.2 Å². The Balaban J connectivity index is 2.28. The molecule has 0 aliphatic heterocycles. The molecule has 0 amide bonds. The van der Waals surface area contributed by atoms with Gasteiger partial charge < -0.3 is 10.2 Å². The molecule has 4 aromatic rings. The topological polar surface area (TPSA) is 74.0 Å². The Morgan fingerprint density at radius 3 is 2.83 bits per heavy atom. The summed E-state index contributed by atoms with van der Waals surface area (Å²) in [5, 5.41) is 1.53. The summed E-state index contributed by atoms with van der Waals surface area (Å²) < 4.78 is 7.99. The number of aromatic nitrogens is 2. The van der Waals surface area contributed by atoms with Gasteiger partial charge in [0.1, 0.15) is 11.4 Å². The fourth-order valence-electron chi connectivity index (χ4n) is 2.86. The van der Waals surface area contributed by atoms with Crippen LogP contribution in [0.25, 0.3) is 27.6 Å². The van der Waals surface area contributed by atoms with Gasteiger partial charge in [0.2, 0.25) is 0 Å². The minimum atomic E-state index is -0.415. The molecular formula is C17H12BrN3O2. The first-order valence-electron chi connectivity index (χ1n) is 7.02. The quantitative estimate of drug-likeness (QED) is 0.553. The second-order valence-electron chi connectivity index (χ2n) is 5.32. The number of rotatable bonds is 1. The average Bonchev–Trinajstić information content (AvgIpc) is 2.98. The fourth-order valence-corrected chi connectivity index (χ4v) is 3.39. The van der Waals surface area contributed by atoms with Gasteiger partial charge in [-0.3, -0.25) is 4.57 Å². The number of nitrogen functional groups attached to an aromatic ring is 1. The van der Waals surface area contributed by atoms with E-state index in [2.05, 4.69) is 20.9 Å². The van der Waals surface area contributed by atoms with Crippen LogP contribution in [-0.4, -0.2) is 9.55 Å². The molecule has 0 unspecified atom stereocenters. The number of nitrogens with two attached hydrogens (primary N) is 1. The van der Waals surface area contributed by atoms with E-state index in [9.17, 15) is 4.79 Å². The Bertz CT molecular complexity index is 1130. The third-order valence-electron chi connectivity index (χ3n) is 3.93. The van der Waals surface area contributed by atoms with Crippen molar-refractivity contribution in [1.29, 1.82) is 0 Å². The molecular weight excluding hydrogens is 358 g/mol. The Morgan fingerprint density at radius 1 is 1.26 bits per heavy atom. The van der Waals surface area contributed by atoms with Crippen LogP contribution in [0.4, 0.5) is 5.82 Å². The summed E-state index contributed by atoms with van der Waals surface area (Å²) in [6, 6.07) is 11.4. The van der Waals surface area contributed by atoms with Gasteiger partial charge >= 0.3 is 5.69 Å². The summed E-state index contributed by atoms with van der Waals surface area (Å²) in [5.74, 6) is 0.169. The molecule has 6 heteroatoms. The number of para-hydroxylation sites is 1. The molecule has 0 radical (unpaired) electrons. The fraction of sp³-hybridized carbons (Fsp3) is 0.0588. The monoisotopic (exact) mass is 369 g/mol. The molecule has 0 saturated heterocycles. The maximum atomic E-state index is 12.5. The maximum Gasteiger partial charge on any atom is 0.354 e. The van der Waals surface area contributed by atoms with E-state index in [0.717, 1.165) is 21.1 Å². The second kappa shape index (κ2) is 4.96. The largest absolute Gasteiger partial charge is 0.463 e. The highest BCUT2D eigenvalue weighted by atomic mass is 79.9. The number of halogens is 1. The predicted octanol–water partition coefficient (Wildman–Crippen LogP) is 3.79. The van der Waals surface area contributed by atoms with Gasteiger partial charge in [0.15, 0.2) is 0 Å². The minimum absolute atomic E-state index is 0.169.